The van der Waals surface area contributed by atoms with Crippen LogP contribution in [0.3, 0.4) is 0 Å². The Balaban J connectivity index is 2.23. The Morgan fingerprint density at radius 1 is 1.00 bits per heavy atom. The van der Waals surface area contributed by atoms with Gasteiger partial charge in [0.25, 0.3) is 0 Å². The van der Waals surface area contributed by atoms with Gasteiger partial charge in [0.2, 0.25) is 0 Å². The molecule has 0 spiro atoms. The molecule has 0 unspecified atom stereocenters. The van der Waals surface area contributed by atoms with E-state index < -0.39 is 0 Å². The summed E-state index contributed by atoms with van der Waals surface area (Å²) in [4.78, 5) is 0. The molecule has 0 aromatic heterocycles. The Morgan fingerprint density at radius 2 is 1.56 bits per heavy atom. The molecule has 1 rings (SSSR count). The topological polar surface area (TPSA) is 3.24 Å². The summed E-state index contributed by atoms with van der Waals surface area (Å²) in [5.41, 5.74) is 0. The van der Waals surface area contributed by atoms with Gasteiger partial charge in [0.15, 0.2) is 0 Å². The van der Waals surface area contributed by atoms with Crippen molar-refractivity contribution in [1.82, 2.24) is 4.57 Å². The highest BCUT2D eigenvalue weighted by Crippen LogP contribution is 2.09. The van der Waals surface area contributed by atoms with Crippen molar-refractivity contribution in [1.29, 1.82) is 0 Å². The largest absolute Gasteiger partial charge is 0.475 e. The smallest absolute Gasteiger partial charge is 0.0364 e. The third kappa shape index (κ3) is 2.10. The molecule has 1 aliphatic rings. The van der Waals surface area contributed by atoms with E-state index >= 15 is 0 Å². The SMILES string of the molecule is C[Si-](C)N1CCCCC1. The lowest BCUT2D eigenvalue weighted by molar-refractivity contribution is 0.354. The molecule has 0 saturated carbocycles. The minimum atomic E-state index is -0.102. The lowest BCUT2D eigenvalue weighted by atomic mass is 10.2. The first kappa shape index (κ1) is 7.29. The van der Waals surface area contributed by atoms with E-state index in [0.717, 1.165) is 0 Å². The molecule has 0 aliphatic carbocycles. The van der Waals surface area contributed by atoms with Crippen LogP contribution in [-0.4, -0.2) is 26.6 Å². The summed E-state index contributed by atoms with van der Waals surface area (Å²) in [6, 6.07) is 0. The summed E-state index contributed by atoms with van der Waals surface area (Å²) in [7, 11) is -0.102. The van der Waals surface area contributed by atoms with Crippen LogP contribution in [-0.2, 0) is 0 Å². The monoisotopic (exact) mass is 142 g/mol. The van der Waals surface area contributed by atoms with E-state index in [1.54, 1.807) is 0 Å². The van der Waals surface area contributed by atoms with Gasteiger partial charge in [-0.25, -0.2) is 0 Å². The van der Waals surface area contributed by atoms with Crippen molar-refractivity contribution < 1.29 is 0 Å². The summed E-state index contributed by atoms with van der Waals surface area (Å²) >= 11 is 0. The second-order valence-electron chi connectivity index (χ2n) is 2.99. The number of hydrogen-bond donors (Lipinski definition) is 0. The molecule has 0 bridgehead atoms. The average molecular weight is 142 g/mol. The third-order valence-corrected chi connectivity index (χ3v) is 3.70. The van der Waals surface area contributed by atoms with Gasteiger partial charge in [0.1, 0.15) is 0 Å². The van der Waals surface area contributed by atoms with Crippen molar-refractivity contribution in [3.05, 3.63) is 0 Å². The van der Waals surface area contributed by atoms with Crippen LogP contribution in [0.25, 0.3) is 0 Å². The highest BCUT2D eigenvalue weighted by atomic mass is 28.3. The summed E-state index contributed by atoms with van der Waals surface area (Å²) < 4.78 is 2.66. The van der Waals surface area contributed by atoms with Crippen molar-refractivity contribution in [3.8, 4) is 0 Å². The second-order valence-corrected chi connectivity index (χ2v) is 5.52. The van der Waals surface area contributed by atoms with Gasteiger partial charge in [-0.15, -0.1) is 0 Å². The van der Waals surface area contributed by atoms with Gasteiger partial charge >= 0.3 is 0 Å². The number of hydrogen-bond acceptors (Lipinski definition) is 1. The maximum absolute atomic E-state index is 2.66. The lowest BCUT2D eigenvalue weighted by Gasteiger charge is -2.40. The fourth-order valence-corrected chi connectivity index (χ4v) is 2.55. The van der Waals surface area contributed by atoms with E-state index in [1.807, 2.05) is 0 Å². The van der Waals surface area contributed by atoms with Crippen LogP contribution in [0.2, 0.25) is 13.1 Å². The molecule has 0 amide bonds. The van der Waals surface area contributed by atoms with E-state index in [2.05, 4.69) is 17.7 Å². The van der Waals surface area contributed by atoms with Crippen molar-refractivity contribution in [2.24, 2.45) is 0 Å². The highest BCUT2D eigenvalue weighted by molar-refractivity contribution is 6.52. The minimum absolute atomic E-state index is 0.102. The molecule has 0 aromatic carbocycles. The van der Waals surface area contributed by atoms with Crippen LogP contribution in [0.1, 0.15) is 19.3 Å². The molecule has 2 heteroatoms. The third-order valence-electron chi connectivity index (χ3n) is 1.99. The predicted molar refractivity (Wildman–Crippen MR) is 42.9 cm³/mol. The molecule has 1 fully saturated rings. The van der Waals surface area contributed by atoms with Crippen molar-refractivity contribution in [2.75, 3.05) is 13.1 Å². The quantitative estimate of drug-likeness (QED) is 0.504. The van der Waals surface area contributed by atoms with Crippen molar-refractivity contribution >= 4 is 8.96 Å². The van der Waals surface area contributed by atoms with Crippen LogP contribution in [0, 0.1) is 0 Å². The second kappa shape index (κ2) is 3.37. The van der Waals surface area contributed by atoms with Gasteiger partial charge in [0.05, 0.1) is 0 Å². The molecule has 0 atom stereocenters. The van der Waals surface area contributed by atoms with Crippen LogP contribution in [0.15, 0.2) is 0 Å². The van der Waals surface area contributed by atoms with E-state index in [9.17, 15) is 0 Å². The summed E-state index contributed by atoms with van der Waals surface area (Å²) in [5, 5.41) is 0. The first-order valence-corrected chi connectivity index (χ1v) is 6.30. The zero-order chi connectivity index (χ0) is 6.69. The van der Waals surface area contributed by atoms with Crippen LogP contribution >= 0.6 is 0 Å². The maximum atomic E-state index is 2.66. The molecule has 9 heavy (non-hydrogen) atoms. The maximum Gasteiger partial charge on any atom is -0.0364 e. The Kier molecular flexibility index (Phi) is 2.73. The molecular formula is C7H16NSi-. The number of piperidine rings is 1. The molecule has 0 aromatic rings. The van der Waals surface area contributed by atoms with Gasteiger partial charge in [-0.2, -0.15) is 22.1 Å². The molecule has 1 aliphatic heterocycles. The van der Waals surface area contributed by atoms with Crippen LogP contribution < -0.4 is 0 Å². The minimum Gasteiger partial charge on any atom is -0.475 e. The Hall–Kier alpha value is 0.177. The first-order valence-electron chi connectivity index (χ1n) is 3.86. The zero-order valence-corrected chi connectivity index (χ0v) is 7.48. The molecule has 0 radical (unpaired) electrons. The van der Waals surface area contributed by atoms with Crippen molar-refractivity contribution in [3.63, 3.8) is 0 Å². The molecule has 0 N–H and O–H groups in total. The number of rotatable bonds is 1. The normalized spacial score (nSPS) is 23.0. The summed E-state index contributed by atoms with van der Waals surface area (Å²) in [6.07, 6.45) is 4.34. The van der Waals surface area contributed by atoms with E-state index in [-0.39, 0.29) is 8.96 Å². The van der Waals surface area contributed by atoms with Crippen molar-refractivity contribution in [2.45, 2.75) is 32.4 Å². The van der Waals surface area contributed by atoms with E-state index in [4.69, 9.17) is 0 Å². The Labute approximate surface area is 59.7 Å². The molecule has 54 valence electrons. The van der Waals surface area contributed by atoms with Gasteiger partial charge < -0.3 is 4.57 Å². The Bertz CT molecular complexity index is 77.0. The number of nitrogens with zero attached hydrogens (tertiary/aromatic N) is 1. The molecule has 1 saturated heterocycles. The molecule has 1 nitrogen and oxygen atoms in total. The average Bonchev–Trinajstić information content (AvgIpc) is 1.90. The first-order chi connectivity index (χ1) is 4.30. The van der Waals surface area contributed by atoms with Crippen LogP contribution in [0.5, 0.6) is 0 Å². The fraction of sp³-hybridized carbons (Fsp3) is 1.00. The zero-order valence-electron chi connectivity index (χ0n) is 6.48. The summed E-state index contributed by atoms with van der Waals surface area (Å²) in [5.74, 6) is 0. The van der Waals surface area contributed by atoms with Gasteiger partial charge in [-0.3, -0.25) is 0 Å². The predicted octanol–water partition coefficient (Wildman–Crippen LogP) is 1.72. The van der Waals surface area contributed by atoms with Gasteiger partial charge in [-0.05, 0) is 25.9 Å². The standard InChI is InChI=1S/C7H16NSi/c1-9(2)8-6-4-3-5-7-8/h3-7H2,1-2H3/q-1. The van der Waals surface area contributed by atoms with Crippen LogP contribution in [0.4, 0.5) is 0 Å². The summed E-state index contributed by atoms with van der Waals surface area (Å²) in [6.45, 7) is 7.52. The highest BCUT2D eigenvalue weighted by Gasteiger charge is 2.03. The van der Waals surface area contributed by atoms with Gasteiger partial charge in [-0.1, -0.05) is 6.42 Å². The fourth-order valence-electron chi connectivity index (χ4n) is 1.34. The molecule has 1 heterocycles. The van der Waals surface area contributed by atoms with E-state index in [0.29, 0.717) is 0 Å². The Morgan fingerprint density at radius 3 is 1.89 bits per heavy atom. The lowest BCUT2D eigenvalue weighted by Crippen LogP contribution is -2.38. The van der Waals surface area contributed by atoms with Gasteiger partial charge in [0, 0.05) is 0 Å². The van der Waals surface area contributed by atoms with E-state index in [1.165, 1.54) is 32.4 Å². The molecular weight excluding hydrogens is 126 g/mol.